The Bertz CT molecular complexity index is 204. The van der Waals surface area contributed by atoms with Crippen LogP contribution in [0.15, 0.2) is 0 Å². The zero-order chi connectivity index (χ0) is 12.0. The maximum atomic E-state index is 3.67. The maximum Gasteiger partial charge on any atom is 0.0107 e. The van der Waals surface area contributed by atoms with E-state index in [1.807, 2.05) is 0 Å². The summed E-state index contributed by atoms with van der Waals surface area (Å²) in [4.78, 5) is 2.59. The zero-order valence-corrected chi connectivity index (χ0v) is 11.4. The second-order valence-corrected chi connectivity index (χ2v) is 6.14. The normalized spacial score (nSPS) is 25.9. The van der Waals surface area contributed by atoms with Gasteiger partial charge in [0.2, 0.25) is 0 Å². The lowest BCUT2D eigenvalue weighted by molar-refractivity contribution is 0.270. The van der Waals surface area contributed by atoms with Gasteiger partial charge < -0.3 is 15.5 Å². The molecule has 0 bridgehead atoms. The highest BCUT2D eigenvalue weighted by Gasteiger charge is 2.27. The Morgan fingerprint density at radius 1 is 1.12 bits per heavy atom. The van der Waals surface area contributed by atoms with Crippen molar-refractivity contribution in [1.29, 1.82) is 0 Å². The highest BCUT2D eigenvalue weighted by Crippen LogP contribution is 2.36. The third kappa shape index (κ3) is 4.57. The van der Waals surface area contributed by atoms with Crippen molar-refractivity contribution < 1.29 is 0 Å². The number of nitrogens with zero attached hydrogens (tertiary/aromatic N) is 1. The Balaban J connectivity index is 1.56. The molecular weight excluding hydrogens is 210 g/mol. The lowest BCUT2D eigenvalue weighted by Gasteiger charge is -2.25. The van der Waals surface area contributed by atoms with Crippen LogP contribution in [0.25, 0.3) is 0 Å². The van der Waals surface area contributed by atoms with Gasteiger partial charge in [0.25, 0.3) is 0 Å². The molecule has 0 aromatic rings. The van der Waals surface area contributed by atoms with E-state index < -0.39 is 0 Å². The van der Waals surface area contributed by atoms with E-state index in [0.717, 1.165) is 13.1 Å². The predicted octanol–water partition coefficient (Wildman–Crippen LogP) is 1.45. The van der Waals surface area contributed by atoms with Crippen molar-refractivity contribution in [2.24, 2.45) is 5.41 Å². The highest BCUT2D eigenvalue weighted by atomic mass is 15.2. The van der Waals surface area contributed by atoms with E-state index in [0.29, 0.717) is 5.41 Å². The summed E-state index contributed by atoms with van der Waals surface area (Å²) in [6, 6.07) is 0. The quantitative estimate of drug-likeness (QED) is 0.711. The van der Waals surface area contributed by atoms with Gasteiger partial charge in [-0.1, -0.05) is 19.8 Å². The van der Waals surface area contributed by atoms with Crippen LogP contribution in [-0.4, -0.2) is 50.7 Å². The fourth-order valence-electron chi connectivity index (χ4n) is 3.16. The molecular formula is C14H29N3. The van der Waals surface area contributed by atoms with Crippen molar-refractivity contribution in [2.45, 2.75) is 39.0 Å². The van der Waals surface area contributed by atoms with Gasteiger partial charge in [-0.25, -0.2) is 0 Å². The summed E-state index contributed by atoms with van der Waals surface area (Å²) < 4.78 is 0. The molecule has 1 heterocycles. The van der Waals surface area contributed by atoms with E-state index in [-0.39, 0.29) is 0 Å². The number of rotatable bonds is 5. The first-order valence-electron chi connectivity index (χ1n) is 7.42. The minimum absolute atomic E-state index is 0.598. The van der Waals surface area contributed by atoms with E-state index in [4.69, 9.17) is 0 Å². The first-order chi connectivity index (χ1) is 8.29. The molecule has 0 atom stereocenters. The molecule has 1 aliphatic heterocycles. The Hall–Kier alpha value is -0.120. The molecule has 0 spiro atoms. The summed E-state index contributed by atoms with van der Waals surface area (Å²) in [5.41, 5.74) is 0.598. The Kier molecular flexibility index (Phi) is 5.26. The van der Waals surface area contributed by atoms with Crippen LogP contribution in [0.2, 0.25) is 0 Å². The highest BCUT2D eigenvalue weighted by molar-refractivity contribution is 4.82. The summed E-state index contributed by atoms with van der Waals surface area (Å²) in [6.45, 7) is 10.9. The Morgan fingerprint density at radius 2 is 1.94 bits per heavy atom. The standard InChI is InChI=1S/C14H29N3/c1-14(5-2-3-6-14)13-16-9-12-17-10-4-7-15-8-11-17/h15-16H,2-13H2,1H3. The SMILES string of the molecule is CC1(CNCCN2CCCNCC2)CCCC1. The minimum Gasteiger partial charge on any atom is -0.315 e. The first-order valence-corrected chi connectivity index (χ1v) is 7.42. The third-order valence-corrected chi connectivity index (χ3v) is 4.40. The molecule has 2 aliphatic rings. The first kappa shape index (κ1) is 13.3. The molecule has 0 aromatic heterocycles. The largest absolute Gasteiger partial charge is 0.315 e. The minimum atomic E-state index is 0.598. The lowest BCUT2D eigenvalue weighted by Crippen LogP contribution is -2.37. The van der Waals surface area contributed by atoms with Crippen molar-refractivity contribution in [3.05, 3.63) is 0 Å². The predicted molar refractivity (Wildman–Crippen MR) is 73.4 cm³/mol. The van der Waals surface area contributed by atoms with Gasteiger partial charge in [0.1, 0.15) is 0 Å². The molecule has 0 aromatic carbocycles. The maximum absolute atomic E-state index is 3.67. The van der Waals surface area contributed by atoms with Gasteiger partial charge in [0.05, 0.1) is 0 Å². The number of hydrogen-bond donors (Lipinski definition) is 2. The van der Waals surface area contributed by atoms with Crippen LogP contribution in [0.4, 0.5) is 0 Å². The second-order valence-electron chi connectivity index (χ2n) is 6.14. The van der Waals surface area contributed by atoms with E-state index in [1.54, 1.807) is 0 Å². The zero-order valence-electron chi connectivity index (χ0n) is 11.4. The molecule has 0 radical (unpaired) electrons. The molecule has 1 saturated heterocycles. The number of hydrogen-bond acceptors (Lipinski definition) is 3. The van der Waals surface area contributed by atoms with Crippen LogP contribution in [0.3, 0.4) is 0 Å². The number of nitrogens with one attached hydrogen (secondary N) is 2. The molecule has 0 amide bonds. The molecule has 1 saturated carbocycles. The monoisotopic (exact) mass is 239 g/mol. The van der Waals surface area contributed by atoms with E-state index in [9.17, 15) is 0 Å². The van der Waals surface area contributed by atoms with Crippen molar-refractivity contribution in [1.82, 2.24) is 15.5 Å². The van der Waals surface area contributed by atoms with Gasteiger partial charge in [0.15, 0.2) is 0 Å². The van der Waals surface area contributed by atoms with Crippen LogP contribution in [0.1, 0.15) is 39.0 Å². The van der Waals surface area contributed by atoms with E-state index >= 15 is 0 Å². The van der Waals surface area contributed by atoms with Gasteiger partial charge in [-0.2, -0.15) is 0 Å². The molecule has 100 valence electrons. The molecule has 1 aliphatic carbocycles. The van der Waals surface area contributed by atoms with Crippen molar-refractivity contribution in [3.8, 4) is 0 Å². The molecule has 3 nitrogen and oxygen atoms in total. The summed E-state index contributed by atoms with van der Waals surface area (Å²) in [5.74, 6) is 0. The second kappa shape index (κ2) is 6.72. The Morgan fingerprint density at radius 3 is 2.76 bits per heavy atom. The fraction of sp³-hybridized carbons (Fsp3) is 1.00. The van der Waals surface area contributed by atoms with Crippen molar-refractivity contribution in [2.75, 3.05) is 45.8 Å². The van der Waals surface area contributed by atoms with Crippen LogP contribution in [0, 0.1) is 5.41 Å². The van der Waals surface area contributed by atoms with Crippen LogP contribution >= 0.6 is 0 Å². The average molecular weight is 239 g/mol. The topological polar surface area (TPSA) is 27.3 Å². The van der Waals surface area contributed by atoms with Crippen molar-refractivity contribution in [3.63, 3.8) is 0 Å². The molecule has 0 unspecified atom stereocenters. The Labute approximate surface area is 106 Å². The smallest absolute Gasteiger partial charge is 0.0107 e. The van der Waals surface area contributed by atoms with Crippen LogP contribution < -0.4 is 10.6 Å². The summed E-state index contributed by atoms with van der Waals surface area (Å²) >= 11 is 0. The van der Waals surface area contributed by atoms with Gasteiger partial charge >= 0.3 is 0 Å². The van der Waals surface area contributed by atoms with Crippen LogP contribution in [-0.2, 0) is 0 Å². The van der Waals surface area contributed by atoms with Gasteiger partial charge in [0, 0.05) is 32.7 Å². The summed E-state index contributed by atoms with van der Waals surface area (Å²) in [7, 11) is 0. The van der Waals surface area contributed by atoms with E-state index in [1.165, 1.54) is 64.8 Å². The average Bonchev–Trinajstić information content (AvgIpc) is 2.61. The van der Waals surface area contributed by atoms with Gasteiger partial charge in [-0.15, -0.1) is 0 Å². The molecule has 2 rings (SSSR count). The van der Waals surface area contributed by atoms with Crippen LogP contribution in [0.5, 0.6) is 0 Å². The van der Waals surface area contributed by atoms with Gasteiger partial charge in [-0.05, 0) is 37.8 Å². The van der Waals surface area contributed by atoms with Crippen molar-refractivity contribution >= 4 is 0 Å². The fourth-order valence-corrected chi connectivity index (χ4v) is 3.16. The molecule has 2 N–H and O–H groups in total. The molecule has 17 heavy (non-hydrogen) atoms. The lowest BCUT2D eigenvalue weighted by atomic mass is 9.89. The summed E-state index contributed by atoms with van der Waals surface area (Å²) in [5, 5.41) is 7.13. The van der Waals surface area contributed by atoms with Gasteiger partial charge in [-0.3, -0.25) is 0 Å². The van der Waals surface area contributed by atoms with E-state index in [2.05, 4.69) is 22.5 Å². The molecule has 3 heteroatoms. The molecule has 2 fully saturated rings. The third-order valence-electron chi connectivity index (χ3n) is 4.40. The summed E-state index contributed by atoms with van der Waals surface area (Å²) in [6.07, 6.45) is 7.03.